The molecule has 0 bridgehead atoms. The van der Waals surface area contributed by atoms with Gasteiger partial charge in [0.05, 0.1) is 12.7 Å². The number of phosphoric ester groups is 1. The number of aliphatic hydroxyl groups excluding tert-OH is 1. The van der Waals surface area contributed by atoms with Crippen molar-refractivity contribution in [1.82, 2.24) is 0 Å². The molecule has 0 fully saturated rings. The van der Waals surface area contributed by atoms with Crippen LogP contribution in [0.2, 0.25) is 0 Å². The maximum absolute atomic E-state index is 12.4. The maximum atomic E-state index is 12.4. The van der Waals surface area contributed by atoms with Gasteiger partial charge in [0.2, 0.25) is 0 Å². The number of allylic oxidation sites excluding steroid dienone is 11. The Bertz CT molecular complexity index is 1170. The highest BCUT2D eigenvalue weighted by molar-refractivity contribution is 7.46. The van der Waals surface area contributed by atoms with Gasteiger partial charge >= 0.3 is 19.8 Å². The van der Waals surface area contributed by atoms with Crippen LogP contribution < -0.4 is 0 Å². The standard InChI is InChI=1S/C46H79O9P/c1-4-5-6-7-8-9-10-11-12-15-18-21-24-27-30-33-36-43(47)38-39-45(48)53-40-44(41-54-56(50,51)52)55-46(49)37-34-31-28-25-22-19-16-13-14-17-20-23-26-29-32-35-42(2)3/h5-6,8-9,11-12,18,21,27,30,33,36,42-44,47H,4,7,10,13-17,19-20,22-26,28-29,31-32,34-35,37-41H2,1-3H3,(H2,50,51,52)/b6-5-,9-8-,12-11-,21-18-,30-27-,36-33-/t43?,44-/m1/s1. The second-order valence-electron chi connectivity index (χ2n) is 15.0. The lowest BCUT2D eigenvalue weighted by Crippen LogP contribution is -2.29. The third-order valence-electron chi connectivity index (χ3n) is 9.04. The summed E-state index contributed by atoms with van der Waals surface area (Å²) in [5, 5.41) is 10.2. The molecule has 0 aliphatic heterocycles. The Morgan fingerprint density at radius 2 is 1.04 bits per heavy atom. The third-order valence-corrected chi connectivity index (χ3v) is 9.52. The first-order chi connectivity index (χ1) is 27.0. The number of ether oxygens (including phenoxy) is 2. The molecule has 56 heavy (non-hydrogen) atoms. The van der Waals surface area contributed by atoms with E-state index in [2.05, 4.69) is 73.9 Å². The van der Waals surface area contributed by atoms with Crippen LogP contribution in [-0.2, 0) is 28.2 Å². The lowest BCUT2D eigenvalue weighted by molar-refractivity contribution is -0.161. The molecule has 0 spiro atoms. The van der Waals surface area contributed by atoms with Crippen LogP contribution >= 0.6 is 7.82 Å². The van der Waals surface area contributed by atoms with Crippen LogP contribution in [0, 0.1) is 5.92 Å². The number of rotatable bonds is 38. The van der Waals surface area contributed by atoms with E-state index in [1.807, 2.05) is 12.2 Å². The second kappa shape index (κ2) is 39.3. The highest BCUT2D eigenvalue weighted by atomic mass is 31.2. The van der Waals surface area contributed by atoms with Crippen molar-refractivity contribution < 1.29 is 43.0 Å². The van der Waals surface area contributed by atoms with Crippen molar-refractivity contribution in [3.05, 3.63) is 72.9 Å². The van der Waals surface area contributed by atoms with Crippen molar-refractivity contribution in [1.29, 1.82) is 0 Å². The van der Waals surface area contributed by atoms with E-state index in [1.165, 1.54) is 77.0 Å². The quantitative estimate of drug-likeness (QED) is 0.0183. The van der Waals surface area contributed by atoms with Crippen molar-refractivity contribution in [2.24, 2.45) is 5.92 Å². The Labute approximate surface area is 341 Å². The molecule has 9 nitrogen and oxygen atoms in total. The maximum Gasteiger partial charge on any atom is 0.469 e. The summed E-state index contributed by atoms with van der Waals surface area (Å²) in [7, 11) is -4.81. The van der Waals surface area contributed by atoms with Crippen LogP contribution in [0.1, 0.15) is 175 Å². The van der Waals surface area contributed by atoms with Gasteiger partial charge in [-0.2, -0.15) is 0 Å². The van der Waals surface area contributed by atoms with Crippen molar-refractivity contribution in [3.8, 4) is 0 Å². The summed E-state index contributed by atoms with van der Waals surface area (Å²) < 4.78 is 26.3. The smallest absolute Gasteiger partial charge is 0.462 e. The number of phosphoric acid groups is 1. The minimum absolute atomic E-state index is 0.0873. The number of hydrogen-bond donors (Lipinski definition) is 3. The van der Waals surface area contributed by atoms with Crippen molar-refractivity contribution in [3.63, 3.8) is 0 Å². The fourth-order valence-electron chi connectivity index (χ4n) is 5.79. The summed E-state index contributed by atoms with van der Waals surface area (Å²) in [6.07, 6.45) is 46.7. The summed E-state index contributed by atoms with van der Waals surface area (Å²) in [6.45, 7) is 5.70. The molecular weight excluding hydrogens is 727 g/mol. The monoisotopic (exact) mass is 807 g/mol. The topological polar surface area (TPSA) is 140 Å². The van der Waals surface area contributed by atoms with Crippen molar-refractivity contribution >= 4 is 19.8 Å². The van der Waals surface area contributed by atoms with Gasteiger partial charge in [-0.1, -0.05) is 190 Å². The molecule has 0 heterocycles. The number of unbranched alkanes of at least 4 members (excludes halogenated alkanes) is 14. The first kappa shape index (κ1) is 53.5. The van der Waals surface area contributed by atoms with Gasteiger partial charge in [-0.05, 0) is 50.9 Å². The molecule has 1 unspecified atom stereocenters. The average molecular weight is 807 g/mol. The molecule has 2 atom stereocenters. The van der Waals surface area contributed by atoms with Gasteiger partial charge in [-0.15, -0.1) is 0 Å². The first-order valence-corrected chi connectivity index (χ1v) is 23.2. The molecule has 0 aromatic rings. The van der Waals surface area contributed by atoms with Crippen LogP contribution in [0.15, 0.2) is 72.9 Å². The molecule has 0 rings (SSSR count). The van der Waals surface area contributed by atoms with Crippen LogP contribution in [-0.4, -0.2) is 52.3 Å². The summed E-state index contributed by atoms with van der Waals surface area (Å²) in [5.74, 6) is -0.342. The predicted molar refractivity (Wildman–Crippen MR) is 231 cm³/mol. The van der Waals surface area contributed by atoms with E-state index >= 15 is 0 Å². The van der Waals surface area contributed by atoms with E-state index in [9.17, 15) is 19.3 Å². The van der Waals surface area contributed by atoms with E-state index in [0.29, 0.717) is 6.42 Å². The molecule has 322 valence electrons. The molecule has 0 aromatic carbocycles. The largest absolute Gasteiger partial charge is 0.469 e. The van der Waals surface area contributed by atoms with Crippen molar-refractivity contribution in [2.45, 2.75) is 187 Å². The summed E-state index contributed by atoms with van der Waals surface area (Å²) >= 11 is 0. The van der Waals surface area contributed by atoms with E-state index in [-0.39, 0.29) is 19.3 Å². The zero-order valence-corrected chi connectivity index (χ0v) is 36.2. The molecular formula is C46H79O9P. The average Bonchev–Trinajstić information content (AvgIpc) is 3.15. The highest BCUT2D eigenvalue weighted by Gasteiger charge is 2.23. The minimum atomic E-state index is -4.81. The molecule has 0 aliphatic carbocycles. The SMILES string of the molecule is CC/C=C\C/C=C\C/C=C\C/C=C\C/C=C\C=C/C(O)CCC(=O)OC[C@H](COP(=O)(O)O)OC(=O)CCCCCCCCCCCCCCCCCC(C)C. The Kier molecular flexibility index (Phi) is 37.5. The molecule has 10 heteroatoms. The Morgan fingerprint density at radius 3 is 1.52 bits per heavy atom. The lowest BCUT2D eigenvalue weighted by Gasteiger charge is -2.18. The van der Waals surface area contributed by atoms with Crippen LogP contribution in [0.3, 0.4) is 0 Å². The number of carbonyl (C=O) groups excluding carboxylic acids is 2. The number of aliphatic hydroxyl groups is 1. The zero-order valence-electron chi connectivity index (χ0n) is 35.3. The molecule has 0 aliphatic rings. The molecule has 0 aromatic heterocycles. The van der Waals surface area contributed by atoms with E-state index in [0.717, 1.165) is 57.3 Å². The number of carbonyl (C=O) groups is 2. The minimum Gasteiger partial charge on any atom is -0.462 e. The fourth-order valence-corrected chi connectivity index (χ4v) is 6.15. The molecule has 0 radical (unpaired) electrons. The van der Waals surface area contributed by atoms with Gasteiger partial charge in [0.25, 0.3) is 0 Å². The van der Waals surface area contributed by atoms with Gasteiger partial charge < -0.3 is 24.4 Å². The van der Waals surface area contributed by atoms with Gasteiger partial charge in [0.1, 0.15) is 6.61 Å². The summed E-state index contributed by atoms with van der Waals surface area (Å²) in [5.41, 5.74) is 0. The van der Waals surface area contributed by atoms with Gasteiger partial charge in [0.15, 0.2) is 6.10 Å². The Balaban J connectivity index is 4.12. The molecule has 3 N–H and O–H groups in total. The van der Waals surface area contributed by atoms with Crippen molar-refractivity contribution in [2.75, 3.05) is 13.2 Å². The normalized spacial score (nSPS) is 13.8. The highest BCUT2D eigenvalue weighted by Crippen LogP contribution is 2.36. The summed E-state index contributed by atoms with van der Waals surface area (Å²) in [6, 6.07) is 0. The molecule has 0 amide bonds. The van der Waals surface area contributed by atoms with E-state index in [1.54, 1.807) is 12.2 Å². The summed E-state index contributed by atoms with van der Waals surface area (Å²) in [4.78, 5) is 42.9. The van der Waals surface area contributed by atoms with Gasteiger partial charge in [-0.25, -0.2) is 4.57 Å². The van der Waals surface area contributed by atoms with Gasteiger partial charge in [-0.3, -0.25) is 14.1 Å². The van der Waals surface area contributed by atoms with Crippen LogP contribution in [0.4, 0.5) is 0 Å². The second-order valence-corrected chi connectivity index (χ2v) is 16.2. The third kappa shape index (κ3) is 42.6. The number of hydrogen-bond acceptors (Lipinski definition) is 7. The first-order valence-electron chi connectivity index (χ1n) is 21.7. The van der Waals surface area contributed by atoms with E-state index in [4.69, 9.17) is 19.3 Å². The predicted octanol–water partition coefficient (Wildman–Crippen LogP) is 12.3. The molecule has 0 saturated heterocycles. The zero-order chi connectivity index (χ0) is 41.4. The fraction of sp³-hybridized carbons (Fsp3) is 0.696. The van der Waals surface area contributed by atoms with E-state index < -0.39 is 45.2 Å². The van der Waals surface area contributed by atoms with Crippen LogP contribution in [0.5, 0.6) is 0 Å². The Morgan fingerprint density at radius 1 is 0.571 bits per heavy atom. The van der Waals surface area contributed by atoms with Crippen LogP contribution in [0.25, 0.3) is 0 Å². The van der Waals surface area contributed by atoms with Gasteiger partial charge in [0, 0.05) is 12.8 Å². The molecule has 0 saturated carbocycles. The Hall–Kier alpha value is -2.55. The number of esters is 2. The lowest BCUT2D eigenvalue weighted by atomic mass is 10.0.